The predicted molar refractivity (Wildman–Crippen MR) is 123 cm³/mol. The fraction of sp³-hybridized carbons (Fsp3) is 0.300. The second-order valence-electron chi connectivity index (χ2n) is 6.25. The number of anilines is 1. The molecular formula is C20H20BrCl2N3OS. The van der Waals surface area contributed by atoms with Gasteiger partial charge < -0.3 is 4.90 Å². The van der Waals surface area contributed by atoms with Gasteiger partial charge in [0, 0.05) is 33.2 Å². The molecular weight excluding hydrogens is 481 g/mol. The first-order valence-corrected chi connectivity index (χ1v) is 11.3. The van der Waals surface area contributed by atoms with Gasteiger partial charge in [-0.2, -0.15) is 0 Å². The SMILES string of the molecule is CCN(CC)CCN(C(=O)c1cc(Cl)cc(Cl)c1)c1nc2ccc(Br)cc2s1. The zero-order valence-electron chi connectivity index (χ0n) is 15.6. The zero-order valence-corrected chi connectivity index (χ0v) is 19.5. The highest BCUT2D eigenvalue weighted by Gasteiger charge is 2.22. The molecule has 3 rings (SSSR count). The molecule has 8 heteroatoms. The van der Waals surface area contributed by atoms with Crippen molar-refractivity contribution in [1.82, 2.24) is 9.88 Å². The van der Waals surface area contributed by atoms with E-state index in [1.165, 1.54) is 11.3 Å². The monoisotopic (exact) mass is 499 g/mol. The van der Waals surface area contributed by atoms with Crippen molar-refractivity contribution in [3.05, 3.63) is 56.5 Å². The van der Waals surface area contributed by atoms with Crippen LogP contribution in [0.5, 0.6) is 0 Å². The lowest BCUT2D eigenvalue weighted by atomic mass is 10.2. The molecule has 0 spiro atoms. The first-order valence-electron chi connectivity index (χ1n) is 8.97. The molecule has 28 heavy (non-hydrogen) atoms. The van der Waals surface area contributed by atoms with E-state index in [4.69, 9.17) is 28.2 Å². The van der Waals surface area contributed by atoms with Crippen LogP contribution in [0.1, 0.15) is 24.2 Å². The minimum Gasteiger partial charge on any atom is -0.302 e. The molecule has 0 saturated carbocycles. The number of benzene rings is 2. The highest BCUT2D eigenvalue weighted by molar-refractivity contribution is 9.10. The summed E-state index contributed by atoms with van der Waals surface area (Å²) >= 11 is 17.2. The molecule has 2 aromatic carbocycles. The van der Waals surface area contributed by atoms with Crippen LogP contribution < -0.4 is 4.90 Å². The second-order valence-corrected chi connectivity index (χ2v) is 9.05. The van der Waals surface area contributed by atoms with Crippen LogP contribution in [0.25, 0.3) is 10.2 Å². The second kappa shape index (κ2) is 9.55. The number of halogens is 3. The summed E-state index contributed by atoms with van der Waals surface area (Å²) in [6.45, 7) is 7.37. The van der Waals surface area contributed by atoms with Gasteiger partial charge in [-0.15, -0.1) is 0 Å². The largest absolute Gasteiger partial charge is 0.302 e. The van der Waals surface area contributed by atoms with Gasteiger partial charge in [0.15, 0.2) is 5.13 Å². The van der Waals surface area contributed by atoms with Crippen LogP contribution >= 0.6 is 50.5 Å². The molecule has 4 nitrogen and oxygen atoms in total. The average molecular weight is 501 g/mol. The molecule has 0 fully saturated rings. The summed E-state index contributed by atoms with van der Waals surface area (Å²) in [6, 6.07) is 10.8. The van der Waals surface area contributed by atoms with E-state index in [1.54, 1.807) is 23.1 Å². The molecule has 0 atom stereocenters. The van der Waals surface area contributed by atoms with Crippen molar-refractivity contribution in [3.8, 4) is 0 Å². The van der Waals surface area contributed by atoms with Gasteiger partial charge in [-0.25, -0.2) is 4.98 Å². The van der Waals surface area contributed by atoms with Crippen molar-refractivity contribution in [2.24, 2.45) is 0 Å². The van der Waals surface area contributed by atoms with E-state index in [-0.39, 0.29) is 5.91 Å². The summed E-state index contributed by atoms with van der Waals surface area (Å²) in [5.74, 6) is -0.158. The Morgan fingerprint density at radius 3 is 2.39 bits per heavy atom. The molecule has 0 radical (unpaired) electrons. The molecule has 0 aliphatic rings. The third-order valence-electron chi connectivity index (χ3n) is 4.46. The van der Waals surface area contributed by atoms with E-state index in [2.05, 4.69) is 34.7 Å². The molecule has 0 bridgehead atoms. The maximum Gasteiger partial charge on any atom is 0.260 e. The standard InChI is InChI=1S/C20H20BrCl2N3OS/c1-3-25(4-2)7-8-26(19(27)13-9-15(22)12-16(23)10-13)20-24-17-6-5-14(21)11-18(17)28-20/h5-6,9-12H,3-4,7-8H2,1-2H3. The Morgan fingerprint density at radius 2 is 1.75 bits per heavy atom. The van der Waals surface area contributed by atoms with Crippen molar-refractivity contribution < 1.29 is 4.79 Å². The van der Waals surface area contributed by atoms with E-state index in [9.17, 15) is 4.79 Å². The van der Waals surface area contributed by atoms with Gasteiger partial charge in [0.25, 0.3) is 5.91 Å². The molecule has 3 aromatic rings. The van der Waals surface area contributed by atoms with Crippen LogP contribution in [0.2, 0.25) is 10.0 Å². The summed E-state index contributed by atoms with van der Waals surface area (Å²) in [5.41, 5.74) is 1.32. The molecule has 1 aromatic heterocycles. The lowest BCUT2D eigenvalue weighted by Crippen LogP contribution is -2.38. The van der Waals surface area contributed by atoms with Crippen molar-refractivity contribution in [3.63, 3.8) is 0 Å². The fourth-order valence-corrected chi connectivity index (χ4v) is 4.97. The normalized spacial score (nSPS) is 11.4. The van der Waals surface area contributed by atoms with E-state index in [0.29, 0.717) is 27.3 Å². The van der Waals surface area contributed by atoms with Gasteiger partial charge in [-0.3, -0.25) is 9.69 Å². The van der Waals surface area contributed by atoms with Gasteiger partial charge in [0.2, 0.25) is 0 Å². The number of thiazole rings is 1. The van der Waals surface area contributed by atoms with Crippen LogP contribution in [0, 0.1) is 0 Å². The Bertz CT molecular complexity index is 970. The Balaban J connectivity index is 1.98. The molecule has 1 amide bonds. The van der Waals surface area contributed by atoms with E-state index < -0.39 is 0 Å². The minimum atomic E-state index is -0.158. The summed E-state index contributed by atoms with van der Waals surface area (Å²) < 4.78 is 2.01. The third-order valence-corrected chi connectivity index (χ3v) is 6.43. The summed E-state index contributed by atoms with van der Waals surface area (Å²) in [4.78, 5) is 22.0. The summed E-state index contributed by atoms with van der Waals surface area (Å²) in [7, 11) is 0. The van der Waals surface area contributed by atoms with Crippen LogP contribution in [0.3, 0.4) is 0 Å². The number of carbonyl (C=O) groups is 1. The van der Waals surface area contributed by atoms with Crippen LogP contribution in [-0.4, -0.2) is 42.0 Å². The van der Waals surface area contributed by atoms with E-state index >= 15 is 0 Å². The molecule has 0 aliphatic heterocycles. The third kappa shape index (κ3) is 5.05. The van der Waals surface area contributed by atoms with Gasteiger partial charge in [0.05, 0.1) is 10.2 Å². The number of likely N-dealkylation sites (N-methyl/N-ethyl adjacent to an activating group) is 1. The molecule has 0 unspecified atom stereocenters. The number of carbonyl (C=O) groups excluding carboxylic acids is 1. The Kier molecular flexibility index (Phi) is 7.34. The first-order chi connectivity index (χ1) is 13.4. The first kappa shape index (κ1) is 21.5. The summed E-state index contributed by atoms with van der Waals surface area (Å²) in [6.07, 6.45) is 0. The lowest BCUT2D eigenvalue weighted by molar-refractivity contribution is 0.0984. The van der Waals surface area contributed by atoms with Crippen LogP contribution in [0.15, 0.2) is 40.9 Å². The number of aromatic nitrogens is 1. The highest BCUT2D eigenvalue weighted by atomic mass is 79.9. The van der Waals surface area contributed by atoms with Crippen LogP contribution in [0.4, 0.5) is 5.13 Å². The highest BCUT2D eigenvalue weighted by Crippen LogP contribution is 2.32. The lowest BCUT2D eigenvalue weighted by Gasteiger charge is -2.24. The Morgan fingerprint density at radius 1 is 1.07 bits per heavy atom. The number of fused-ring (bicyclic) bond motifs is 1. The average Bonchev–Trinajstić information content (AvgIpc) is 3.06. The number of rotatable bonds is 7. The van der Waals surface area contributed by atoms with Crippen molar-refractivity contribution >= 4 is 71.7 Å². The minimum absolute atomic E-state index is 0.158. The number of hydrogen-bond acceptors (Lipinski definition) is 4. The maximum absolute atomic E-state index is 13.3. The smallest absolute Gasteiger partial charge is 0.260 e. The van der Waals surface area contributed by atoms with E-state index in [1.807, 2.05) is 18.2 Å². The number of hydrogen-bond donors (Lipinski definition) is 0. The van der Waals surface area contributed by atoms with Crippen LogP contribution in [-0.2, 0) is 0 Å². The van der Waals surface area contributed by atoms with Crippen molar-refractivity contribution in [1.29, 1.82) is 0 Å². The maximum atomic E-state index is 13.3. The van der Waals surface area contributed by atoms with Gasteiger partial charge in [-0.05, 0) is 49.5 Å². The predicted octanol–water partition coefficient (Wildman–Crippen LogP) is 6.35. The molecule has 1 heterocycles. The molecule has 148 valence electrons. The van der Waals surface area contributed by atoms with Gasteiger partial charge in [0.1, 0.15) is 0 Å². The zero-order chi connectivity index (χ0) is 20.3. The molecule has 0 aliphatic carbocycles. The van der Waals surface area contributed by atoms with E-state index in [0.717, 1.165) is 34.3 Å². The van der Waals surface area contributed by atoms with Crippen molar-refractivity contribution in [2.75, 3.05) is 31.1 Å². The summed E-state index contributed by atoms with van der Waals surface area (Å²) in [5, 5.41) is 1.54. The van der Waals surface area contributed by atoms with Crippen molar-refractivity contribution in [2.45, 2.75) is 13.8 Å². The Labute approximate surface area is 187 Å². The molecule has 0 saturated heterocycles. The molecule has 0 N–H and O–H groups in total. The van der Waals surface area contributed by atoms with Gasteiger partial charge in [-0.1, -0.05) is 64.3 Å². The fourth-order valence-electron chi connectivity index (χ4n) is 2.90. The quantitative estimate of drug-likeness (QED) is 0.379. The topological polar surface area (TPSA) is 36.4 Å². The number of amides is 1. The Hall–Kier alpha value is -1.18. The number of nitrogens with zero attached hydrogens (tertiary/aromatic N) is 3. The van der Waals surface area contributed by atoms with Gasteiger partial charge >= 0.3 is 0 Å².